The average molecular weight is 236 g/mol. The van der Waals surface area contributed by atoms with Crippen molar-refractivity contribution < 1.29 is 4.79 Å². The summed E-state index contributed by atoms with van der Waals surface area (Å²) in [5, 5.41) is 12.1. The number of amides is 1. The quantitative estimate of drug-likeness (QED) is 0.737. The van der Waals surface area contributed by atoms with Crippen LogP contribution in [0.4, 0.5) is 0 Å². The number of hydrogen-bond donors (Lipinski definition) is 1. The molecule has 2 fully saturated rings. The number of nitriles is 1. The van der Waals surface area contributed by atoms with Crippen LogP contribution in [0, 0.1) is 11.3 Å². The Morgan fingerprint density at radius 2 is 2.12 bits per heavy atom. The van der Waals surface area contributed by atoms with Crippen LogP contribution in [-0.2, 0) is 4.79 Å². The summed E-state index contributed by atoms with van der Waals surface area (Å²) < 4.78 is 0. The van der Waals surface area contributed by atoms with Crippen LogP contribution >= 0.6 is 0 Å². The van der Waals surface area contributed by atoms with Crippen LogP contribution in [0.1, 0.15) is 19.3 Å². The summed E-state index contributed by atoms with van der Waals surface area (Å²) in [6.45, 7) is 5.16. The minimum absolute atomic E-state index is 0.130. The fourth-order valence-corrected chi connectivity index (χ4v) is 2.52. The SMILES string of the molecule is N#CC1CNCCN1C(=O)CCN1CCCC1. The number of likely N-dealkylation sites (tertiary alicyclic amines) is 1. The Morgan fingerprint density at radius 3 is 2.82 bits per heavy atom. The number of nitrogens with zero attached hydrogens (tertiary/aromatic N) is 3. The van der Waals surface area contributed by atoms with Gasteiger partial charge in [0.25, 0.3) is 0 Å². The van der Waals surface area contributed by atoms with Crippen molar-refractivity contribution in [3.63, 3.8) is 0 Å². The van der Waals surface area contributed by atoms with Gasteiger partial charge in [-0.3, -0.25) is 4.79 Å². The molecule has 2 heterocycles. The highest BCUT2D eigenvalue weighted by molar-refractivity contribution is 5.77. The maximum absolute atomic E-state index is 12.0. The van der Waals surface area contributed by atoms with Crippen LogP contribution in [0.15, 0.2) is 0 Å². The summed E-state index contributed by atoms with van der Waals surface area (Å²) in [5.74, 6) is 0.130. The van der Waals surface area contributed by atoms with Crippen molar-refractivity contribution in [3.8, 4) is 6.07 Å². The smallest absolute Gasteiger partial charge is 0.225 e. The fraction of sp³-hybridized carbons (Fsp3) is 0.833. The third-order valence-corrected chi connectivity index (χ3v) is 3.55. The third kappa shape index (κ3) is 3.18. The molecule has 0 radical (unpaired) electrons. The highest BCUT2D eigenvalue weighted by atomic mass is 16.2. The normalized spacial score (nSPS) is 25.8. The lowest BCUT2D eigenvalue weighted by Gasteiger charge is -2.32. The van der Waals surface area contributed by atoms with Crippen LogP contribution in [0.5, 0.6) is 0 Å². The summed E-state index contributed by atoms with van der Waals surface area (Å²) in [7, 11) is 0. The fourth-order valence-electron chi connectivity index (χ4n) is 2.52. The van der Waals surface area contributed by atoms with Gasteiger partial charge in [0.2, 0.25) is 5.91 Å². The molecule has 1 amide bonds. The Morgan fingerprint density at radius 1 is 1.35 bits per heavy atom. The van der Waals surface area contributed by atoms with E-state index < -0.39 is 0 Å². The van der Waals surface area contributed by atoms with Crippen LogP contribution in [0.2, 0.25) is 0 Å². The molecular formula is C12H20N4O. The molecule has 94 valence electrons. The molecule has 17 heavy (non-hydrogen) atoms. The molecule has 1 N–H and O–H groups in total. The van der Waals surface area contributed by atoms with Crippen molar-refractivity contribution in [1.82, 2.24) is 15.1 Å². The van der Waals surface area contributed by atoms with Crippen LogP contribution in [0.3, 0.4) is 0 Å². The molecule has 0 bridgehead atoms. The first-order valence-electron chi connectivity index (χ1n) is 6.43. The van der Waals surface area contributed by atoms with Gasteiger partial charge in [0.15, 0.2) is 0 Å². The largest absolute Gasteiger partial charge is 0.324 e. The molecule has 2 aliphatic rings. The van der Waals surface area contributed by atoms with Gasteiger partial charge in [-0.05, 0) is 25.9 Å². The maximum atomic E-state index is 12.0. The van der Waals surface area contributed by atoms with Gasteiger partial charge < -0.3 is 15.1 Å². The summed E-state index contributed by atoms with van der Waals surface area (Å²) in [5.41, 5.74) is 0. The van der Waals surface area contributed by atoms with Gasteiger partial charge in [-0.1, -0.05) is 0 Å². The zero-order chi connectivity index (χ0) is 12.1. The zero-order valence-electron chi connectivity index (χ0n) is 10.2. The predicted molar refractivity (Wildman–Crippen MR) is 64.3 cm³/mol. The van der Waals surface area contributed by atoms with Crippen molar-refractivity contribution in [3.05, 3.63) is 0 Å². The average Bonchev–Trinajstić information content (AvgIpc) is 2.89. The Hall–Kier alpha value is -1.12. The van der Waals surface area contributed by atoms with Crippen LogP contribution < -0.4 is 5.32 Å². The topological polar surface area (TPSA) is 59.4 Å². The minimum atomic E-state index is -0.283. The number of nitrogens with one attached hydrogen (secondary N) is 1. The number of carbonyl (C=O) groups excluding carboxylic acids is 1. The molecule has 1 atom stereocenters. The number of hydrogen-bond acceptors (Lipinski definition) is 4. The van der Waals surface area contributed by atoms with Crippen LogP contribution in [0.25, 0.3) is 0 Å². The predicted octanol–water partition coefficient (Wildman–Crippen LogP) is -0.204. The van der Waals surface area contributed by atoms with Crippen molar-refractivity contribution in [1.29, 1.82) is 5.26 Å². The third-order valence-electron chi connectivity index (χ3n) is 3.55. The minimum Gasteiger partial charge on any atom is -0.324 e. The van der Waals surface area contributed by atoms with E-state index in [9.17, 15) is 4.79 Å². The summed E-state index contributed by atoms with van der Waals surface area (Å²) in [6, 6.07) is 1.91. The molecule has 0 saturated carbocycles. The first kappa shape index (κ1) is 12.3. The van der Waals surface area contributed by atoms with E-state index in [-0.39, 0.29) is 11.9 Å². The molecule has 2 aliphatic heterocycles. The zero-order valence-corrected chi connectivity index (χ0v) is 10.2. The monoisotopic (exact) mass is 236 g/mol. The lowest BCUT2D eigenvalue weighted by atomic mass is 10.2. The van der Waals surface area contributed by atoms with Gasteiger partial charge >= 0.3 is 0 Å². The lowest BCUT2D eigenvalue weighted by molar-refractivity contribution is -0.133. The number of carbonyl (C=O) groups is 1. The summed E-state index contributed by atoms with van der Waals surface area (Å²) in [4.78, 5) is 16.1. The second-order valence-corrected chi connectivity index (χ2v) is 4.73. The first-order valence-corrected chi connectivity index (χ1v) is 6.43. The van der Waals surface area contributed by atoms with E-state index >= 15 is 0 Å². The first-order chi connectivity index (χ1) is 8.31. The number of rotatable bonds is 3. The molecule has 2 rings (SSSR count). The van der Waals surface area contributed by atoms with Gasteiger partial charge in [0.1, 0.15) is 6.04 Å². The Bertz CT molecular complexity index is 306. The Labute approximate surface area is 102 Å². The van der Waals surface area contributed by atoms with E-state index in [0.29, 0.717) is 19.5 Å². The molecule has 0 aromatic heterocycles. The van der Waals surface area contributed by atoms with Crippen molar-refractivity contribution in [2.75, 3.05) is 39.3 Å². The molecule has 0 aromatic carbocycles. The van der Waals surface area contributed by atoms with E-state index in [1.807, 2.05) is 0 Å². The lowest BCUT2D eigenvalue weighted by Crippen LogP contribution is -2.53. The maximum Gasteiger partial charge on any atom is 0.225 e. The van der Waals surface area contributed by atoms with Gasteiger partial charge in [0, 0.05) is 32.6 Å². The van der Waals surface area contributed by atoms with E-state index in [1.54, 1.807) is 4.90 Å². The molecular weight excluding hydrogens is 216 g/mol. The van der Waals surface area contributed by atoms with E-state index in [0.717, 1.165) is 26.2 Å². The highest BCUT2D eigenvalue weighted by Crippen LogP contribution is 2.10. The molecule has 0 aromatic rings. The molecule has 5 heteroatoms. The second-order valence-electron chi connectivity index (χ2n) is 4.73. The van der Waals surface area contributed by atoms with Crippen molar-refractivity contribution >= 4 is 5.91 Å². The Kier molecular flexibility index (Phi) is 4.35. The van der Waals surface area contributed by atoms with E-state index in [1.165, 1.54) is 12.8 Å². The molecule has 5 nitrogen and oxygen atoms in total. The van der Waals surface area contributed by atoms with Gasteiger partial charge in [0.05, 0.1) is 6.07 Å². The van der Waals surface area contributed by atoms with Gasteiger partial charge in [-0.2, -0.15) is 5.26 Å². The number of piperazine rings is 1. The molecule has 0 spiro atoms. The van der Waals surface area contributed by atoms with Crippen molar-refractivity contribution in [2.24, 2.45) is 0 Å². The van der Waals surface area contributed by atoms with E-state index in [4.69, 9.17) is 5.26 Å². The second kappa shape index (κ2) is 5.99. The van der Waals surface area contributed by atoms with Gasteiger partial charge in [-0.25, -0.2) is 0 Å². The molecule has 1 unspecified atom stereocenters. The standard InChI is InChI=1S/C12H20N4O/c13-9-11-10-14-4-8-16(11)12(17)3-7-15-5-1-2-6-15/h11,14H,1-8,10H2. The molecule has 2 saturated heterocycles. The Balaban J connectivity index is 1.79. The molecule has 0 aliphatic carbocycles. The van der Waals surface area contributed by atoms with Crippen LogP contribution in [-0.4, -0.2) is 61.0 Å². The summed E-state index contributed by atoms with van der Waals surface area (Å²) in [6.07, 6.45) is 3.06. The highest BCUT2D eigenvalue weighted by Gasteiger charge is 2.26. The van der Waals surface area contributed by atoms with Crippen molar-refractivity contribution in [2.45, 2.75) is 25.3 Å². The van der Waals surface area contributed by atoms with E-state index in [2.05, 4.69) is 16.3 Å². The van der Waals surface area contributed by atoms with Gasteiger partial charge in [-0.15, -0.1) is 0 Å². The summed E-state index contributed by atoms with van der Waals surface area (Å²) >= 11 is 0.